The second-order valence-electron chi connectivity index (χ2n) is 9.19. The molecule has 2 aromatic heterocycles. The lowest BCUT2D eigenvalue weighted by atomic mass is 9.92. The number of aromatic nitrogens is 3. The fourth-order valence-corrected chi connectivity index (χ4v) is 4.18. The van der Waals surface area contributed by atoms with Gasteiger partial charge in [0.1, 0.15) is 23.9 Å². The molecule has 1 unspecified atom stereocenters. The average Bonchev–Trinajstić information content (AvgIpc) is 3.37. The lowest BCUT2D eigenvalue weighted by Crippen LogP contribution is -2.42. The Hall–Kier alpha value is -3.37. The number of carbonyl (C=O) groups is 1. The van der Waals surface area contributed by atoms with Gasteiger partial charge >= 0.3 is 6.09 Å². The van der Waals surface area contributed by atoms with E-state index in [1.807, 2.05) is 12.3 Å². The highest BCUT2D eigenvalue weighted by Gasteiger charge is 2.38. The lowest BCUT2D eigenvalue weighted by molar-refractivity contribution is 0.0518. The molecule has 2 aliphatic rings. The number of nitrogens with zero attached hydrogens (tertiary/aromatic N) is 5. The number of carbonyl (C=O) groups excluding carboxylic acids is 1. The summed E-state index contributed by atoms with van der Waals surface area (Å²) >= 11 is 0. The van der Waals surface area contributed by atoms with E-state index in [1.54, 1.807) is 31.5 Å². The summed E-state index contributed by atoms with van der Waals surface area (Å²) in [5.41, 5.74) is 6.50. The number of ether oxygens (including phenoxy) is 2. The van der Waals surface area contributed by atoms with Crippen molar-refractivity contribution in [3.63, 3.8) is 0 Å². The third-order valence-corrected chi connectivity index (χ3v) is 5.52. The molecule has 1 fully saturated rings. The second-order valence-corrected chi connectivity index (χ2v) is 9.19. The molecular weight excluding hydrogens is 429 g/mol. The number of nitrogens with two attached hydrogens (primary N) is 1. The van der Waals surface area contributed by atoms with E-state index in [-0.39, 0.29) is 37.4 Å². The quantitative estimate of drug-likeness (QED) is 0.660. The third kappa shape index (κ3) is 5.35. The standard InChI is InChI=1S/C22H30FN7O3/c1-22(2,3)33-21(31)25-7-10-32-20-15(11-14(23)12-26-20)17-5-4-8-29(17)18-6-9-30-19(28-18)16(24)13-27-30/h6,9,12-13,15,17H,4-5,7-8,10-11,24H2,1-3H3,(H,25,31)/t15?,17-/m1/s1. The Labute approximate surface area is 191 Å². The number of hydrogen-bond acceptors (Lipinski definition) is 8. The van der Waals surface area contributed by atoms with Crippen molar-refractivity contribution in [2.75, 3.05) is 30.3 Å². The number of allylic oxidation sites excluding steroid dienone is 1. The van der Waals surface area contributed by atoms with Crippen molar-refractivity contribution in [2.45, 2.75) is 51.7 Å². The summed E-state index contributed by atoms with van der Waals surface area (Å²) in [7, 11) is 0. The first-order valence-electron chi connectivity index (χ1n) is 11.1. The number of alkyl carbamates (subject to hydrolysis) is 1. The van der Waals surface area contributed by atoms with Crippen molar-refractivity contribution in [3.8, 4) is 0 Å². The zero-order valence-electron chi connectivity index (χ0n) is 19.1. The van der Waals surface area contributed by atoms with Gasteiger partial charge in [0.2, 0.25) is 0 Å². The Morgan fingerprint density at radius 1 is 1.39 bits per heavy atom. The minimum atomic E-state index is -0.573. The van der Waals surface area contributed by atoms with Crippen LogP contribution in [0, 0.1) is 5.92 Å². The molecule has 2 aromatic rings. The molecule has 33 heavy (non-hydrogen) atoms. The van der Waals surface area contributed by atoms with Crippen LogP contribution in [-0.4, -0.2) is 57.9 Å². The summed E-state index contributed by atoms with van der Waals surface area (Å²) in [6.45, 7) is 6.64. The summed E-state index contributed by atoms with van der Waals surface area (Å²) in [5.74, 6) is 0.677. The van der Waals surface area contributed by atoms with Gasteiger partial charge in [-0.15, -0.1) is 0 Å². The fraction of sp³-hybridized carbons (Fsp3) is 0.545. The number of fused-ring (bicyclic) bond motifs is 1. The van der Waals surface area contributed by atoms with Gasteiger partial charge in [-0.2, -0.15) is 5.10 Å². The van der Waals surface area contributed by atoms with Gasteiger partial charge in [0.15, 0.2) is 11.5 Å². The van der Waals surface area contributed by atoms with E-state index in [9.17, 15) is 9.18 Å². The molecule has 178 valence electrons. The smallest absolute Gasteiger partial charge is 0.407 e. The van der Waals surface area contributed by atoms with Crippen molar-refractivity contribution >= 4 is 29.1 Å². The van der Waals surface area contributed by atoms with Gasteiger partial charge in [-0.1, -0.05) is 0 Å². The minimum absolute atomic E-state index is 0.0267. The number of anilines is 2. The zero-order valence-corrected chi connectivity index (χ0v) is 19.1. The van der Waals surface area contributed by atoms with Gasteiger partial charge in [-0.25, -0.2) is 23.7 Å². The Morgan fingerprint density at radius 3 is 3.00 bits per heavy atom. The predicted octanol–water partition coefficient (Wildman–Crippen LogP) is 3.05. The SMILES string of the molecule is CC(C)(C)OC(=O)NCCOC1=NC=C(F)CC1[C@H]1CCCN1c1ccn2ncc(N)c2n1. The average molecular weight is 460 g/mol. The molecule has 0 saturated carbocycles. The molecule has 1 saturated heterocycles. The van der Waals surface area contributed by atoms with Gasteiger partial charge in [-0.05, 0) is 39.7 Å². The number of halogens is 1. The maximum Gasteiger partial charge on any atom is 0.407 e. The first kappa shape index (κ1) is 22.8. The second kappa shape index (κ2) is 9.24. The van der Waals surface area contributed by atoms with Crippen LogP contribution in [0.3, 0.4) is 0 Å². The molecule has 2 atom stereocenters. The molecule has 0 aliphatic carbocycles. The van der Waals surface area contributed by atoms with Gasteiger partial charge in [0, 0.05) is 25.2 Å². The maximum absolute atomic E-state index is 14.2. The molecular formula is C22H30FN7O3. The summed E-state index contributed by atoms with van der Waals surface area (Å²) < 4.78 is 27.0. The molecule has 0 radical (unpaired) electrons. The summed E-state index contributed by atoms with van der Waals surface area (Å²) in [5, 5.41) is 6.82. The van der Waals surface area contributed by atoms with Crippen LogP contribution < -0.4 is 16.0 Å². The predicted molar refractivity (Wildman–Crippen MR) is 123 cm³/mol. The van der Waals surface area contributed by atoms with Crippen LogP contribution in [0.5, 0.6) is 0 Å². The number of nitrogen functional groups attached to an aromatic ring is 1. The largest absolute Gasteiger partial charge is 0.479 e. The molecule has 0 aromatic carbocycles. The number of nitrogens with one attached hydrogen (secondary N) is 1. The minimum Gasteiger partial charge on any atom is -0.479 e. The normalized spacial score (nSPS) is 21.0. The highest BCUT2D eigenvalue weighted by molar-refractivity contribution is 5.82. The van der Waals surface area contributed by atoms with Crippen molar-refractivity contribution < 1.29 is 18.7 Å². The summed E-state index contributed by atoms with van der Waals surface area (Å²) in [4.78, 5) is 22.9. The lowest BCUT2D eigenvalue weighted by Gasteiger charge is -2.33. The first-order chi connectivity index (χ1) is 15.7. The Kier molecular flexibility index (Phi) is 6.39. The molecule has 4 rings (SSSR count). The van der Waals surface area contributed by atoms with Crippen molar-refractivity contribution in [1.82, 2.24) is 19.9 Å². The Bertz CT molecular complexity index is 1080. The molecule has 1 amide bonds. The van der Waals surface area contributed by atoms with Crippen LogP contribution in [0.25, 0.3) is 5.65 Å². The zero-order chi connectivity index (χ0) is 23.6. The van der Waals surface area contributed by atoms with Crippen molar-refractivity contribution in [2.24, 2.45) is 10.9 Å². The molecule has 4 heterocycles. The van der Waals surface area contributed by atoms with E-state index in [4.69, 9.17) is 15.2 Å². The van der Waals surface area contributed by atoms with Gasteiger partial charge in [-0.3, -0.25) is 0 Å². The van der Waals surface area contributed by atoms with Crippen LogP contribution in [0.4, 0.5) is 20.7 Å². The van der Waals surface area contributed by atoms with Crippen LogP contribution in [0.1, 0.15) is 40.0 Å². The maximum atomic E-state index is 14.2. The van der Waals surface area contributed by atoms with Crippen LogP contribution in [-0.2, 0) is 9.47 Å². The fourth-order valence-electron chi connectivity index (χ4n) is 4.18. The van der Waals surface area contributed by atoms with E-state index in [0.717, 1.165) is 25.2 Å². The van der Waals surface area contributed by atoms with Gasteiger partial charge < -0.3 is 25.4 Å². The van der Waals surface area contributed by atoms with E-state index < -0.39 is 11.7 Å². The van der Waals surface area contributed by atoms with Crippen molar-refractivity contribution in [1.29, 1.82) is 0 Å². The Morgan fingerprint density at radius 2 is 2.21 bits per heavy atom. The van der Waals surface area contributed by atoms with Gasteiger partial charge in [0.25, 0.3) is 0 Å². The highest BCUT2D eigenvalue weighted by atomic mass is 19.1. The third-order valence-electron chi connectivity index (χ3n) is 5.52. The molecule has 0 spiro atoms. The van der Waals surface area contributed by atoms with E-state index >= 15 is 0 Å². The van der Waals surface area contributed by atoms with Crippen LogP contribution in [0.2, 0.25) is 0 Å². The first-order valence-corrected chi connectivity index (χ1v) is 11.1. The highest BCUT2D eigenvalue weighted by Crippen LogP contribution is 2.35. The molecule has 0 bridgehead atoms. The summed E-state index contributed by atoms with van der Waals surface area (Å²) in [6, 6.07) is 1.86. The Balaban J connectivity index is 1.43. The molecule has 10 nitrogen and oxygen atoms in total. The number of rotatable bonds is 5. The van der Waals surface area contributed by atoms with Crippen LogP contribution >= 0.6 is 0 Å². The van der Waals surface area contributed by atoms with E-state index in [0.29, 0.717) is 17.2 Å². The number of hydrogen-bond donors (Lipinski definition) is 2. The van der Waals surface area contributed by atoms with E-state index in [2.05, 4.69) is 25.3 Å². The monoisotopic (exact) mass is 459 g/mol. The molecule has 3 N–H and O–H groups in total. The number of aliphatic imine (C=N–C) groups is 1. The van der Waals surface area contributed by atoms with Crippen molar-refractivity contribution in [3.05, 3.63) is 30.5 Å². The van der Waals surface area contributed by atoms with E-state index in [1.165, 1.54) is 6.20 Å². The topological polar surface area (TPSA) is 119 Å². The van der Waals surface area contributed by atoms with Gasteiger partial charge in [0.05, 0.1) is 30.5 Å². The summed E-state index contributed by atoms with van der Waals surface area (Å²) in [6.07, 6.45) is 6.08. The number of amides is 1. The molecule has 2 aliphatic heterocycles. The van der Waals surface area contributed by atoms with Crippen LogP contribution in [0.15, 0.2) is 35.5 Å². The molecule has 11 heteroatoms.